The van der Waals surface area contributed by atoms with E-state index in [2.05, 4.69) is 5.32 Å². The van der Waals surface area contributed by atoms with Crippen molar-refractivity contribution in [2.45, 2.75) is 19.4 Å². The number of aliphatic hydroxyl groups excluding tert-OH is 2. The maximum atomic E-state index is 13.4. The van der Waals surface area contributed by atoms with Crippen LogP contribution in [-0.2, 0) is 0 Å². The maximum absolute atomic E-state index is 13.4. The van der Waals surface area contributed by atoms with E-state index >= 15 is 0 Å². The molecule has 0 atom stereocenters. The number of hydrogen-bond acceptors (Lipinski definition) is 3. The van der Waals surface area contributed by atoms with Crippen molar-refractivity contribution in [2.24, 2.45) is 0 Å². The third-order valence-corrected chi connectivity index (χ3v) is 2.61. The van der Waals surface area contributed by atoms with Gasteiger partial charge in [0.25, 0.3) is 5.91 Å². The number of benzene rings is 1. The molecule has 1 rings (SSSR count). The van der Waals surface area contributed by atoms with Gasteiger partial charge < -0.3 is 15.5 Å². The van der Waals surface area contributed by atoms with E-state index in [1.165, 1.54) is 13.8 Å². The Labute approximate surface area is 103 Å². The van der Waals surface area contributed by atoms with E-state index in [-0.39, 0.29) is 11.1 Å². The Bertz CT molecular complexity index is 459. The Kier molecular flexibility index (Phi) is 4.37. The molecular weight excluding hydrogens is 244 g/mol. The molecule has 0 unspecified atom stereocenters. The lowest BCUT2D eigenvalue weighted by Gasteiger charge is -2.26. The van der Waals surface area contributed by atoms with Crippen molar-refractivity contribution in [1.29, 1.82) is 0 Å². The molecule has 0 saturated carbocycles. The lowest BCUT2D eigenvalue weighted by Crippen LogP contribution is -2.51. The van der Waals surface area contributed by atoms with Crippen LogP contribution in [-0.4, -0.2) is 34.9 Å². The topological polar surface area (TPSA) is 69.6 Å². The molecule has 0 aliphatic rings. The SMILES string of the molecule is Cc1cc(C(=O)NC(C)(CO)CO)c(F)cc1F. The Morgan fingerprint density at radius 2 is 1.83 bits per heavy atom. The molecule has 1 aromatic rings. The lowest BCUT2D eigenvalue weighted by atomic mass is 10.0. The van der Waals surface area contributed by atoms with Crippen LogP contribution in [0.15, 0.2) is 12.1 Å². The summed E-state index contributed by atoms with van der Waals surface area (Å²) >= 11 is 0. The van der Waals surface area contributed by atoms with E-state index in [0.29, 0.717) is 6.07 Å². The number of aryl methyl sites for hydroxylation is 1. The van der Waals surface area contributed by atoms with Crippen LogP contribution in [0.25, 0.3) is 0 Å². The average molecular weight is 259 g/mol. The van der Waals surface area contributed by atoms with Crippen LogP contribution in [0.3, 0.4) is 0 Å². The van der Waals surface area contributed by atoms with E-state index in [4.69, 9.17) is 10.2 Å². The summed E-state index contributed by atoms with van der Waals surface area (Å²) in [5, 5.41) is 20.3. The molecule has 0 bridgehead atoms. The molecule has 0 fully saturated rings. The molecule has 0 spiro atoms. The Hall–Kier alpha value is -1.53. The number of nitrogens with one attached hydrogen (secondary N) is 1. The normalized spacial score (nSPS) is 11.4. The van der Waals surface area contributed by atoms with Crippen molar-refractivity contribution in [2.75, 3.05) is 13.2 Å². The van der Waals surface area contributed by atoms with Gasteiger partial charge in [-0.05, 0) is 25.5 Å². The second kappa shape index (κ2) is 5.41. The smallest absolute Gasteiger partial charge is 0.254 e. The van der Waals surface area contributed by atoms with Crippen molar-refractivity contribution < 1.29 is 23.8 Å². The Balaban J connectivity index is 3.01. The van der Waals surface area contributed by atoms with Gasteiger partial charge in [0, 0.05) is 6.07 Å². The number of aliphatic hydroxyl groups is 2. The molecule has 0 radical (unpaired) electrons. The highest BCUT2D eigenvalue weighted by Gasteiger charge is 2.26. The third-order valence-electron chi connectivity index (χ3n) is 2.61. The molecule has 6 heteroatoms. The van der Waals surface area contributed by atoms with Gasteiger partial charge in [0.1, 0.15) is 11.6 Å². The average Bonchev–Trinajstić information content (AvgIpc) is 2.33. The number of halogens is 2. The van der Waals surface area contributed by atoms with Crippen molar-refractivity contribution in [3.05, 3.63) is 34.9 Å². The highest BCUT2D eigenvalue weighted by molar-refractivity contribution is 5.95. The van der Waals surface area contributed by atoms with Gasteiger partial charge >= 0.3 is 0 Å². The van der Waals surface area contributed by atoms with Gasteiger partial charge in [0.15, 0.2) is 0 Å². The molecule has 100 valence electrons. The van der Waals surface area contributed by atoms with E-state index in [1.54, 1.807) is 0 Å². The summed E-state index contributed by atoms with van der Waals surface area (Å²) in [6.45, 7) is 1.80. The van der Waals surface area contributed by atoms with Crippen LogP contribution in [0.2, 0.25) is 0 Å². The Morgan fingerprint density at radius 1 is 1.28 bits per heavy atom. The second-order valence-electron chi connectivity index (χ2n) is 4.41. The number of rotatable bonds is 4. The van der Waals surface area contributed by atoms with Crippen molar-refractivity contribution in [3.8, 4) is 0 Å². The van der Waals surface area contributed by atoms with Crippen molar-refractivity contribution in [3.63, 3.8) is 0 Å². The summed E-state index contributed by atoms with van der Waals surface area (Å²) in [4.78, 5) is 11.8. The summed E-state index contributed by atoms with van der Waals surface area (Å²) in [7, 11) is 0. The quantitative estimate of drug-likeness (QED) is 0.747. The predicted octanol–water partition coefficient (Wildman–Crippen LogP) is 0.746. The minimum atomic E-state index is -1.26. The molecular formula is C12H15F2NO3. The summed E-state index contributed by atoms with van der Waals surface area (Å²) in [6.07, 6.45) is 0. The highest BCUT2D eigenvalue weighted by Crippen LogP contribution is 2.15. The Morgan fingerprint density at radius 3 is 2.33 bits per heavy atom. The fraction of sp³-hybridized carbons (Fsp3) is 0.417. The highest BCUT2D eigenvalue weighted by atomic mass is 19.1. The van der Waals surface area contributed by atoms with Crippen LogP contribution in [0, 0.1) is 18.6 Å². The molecule has 4 nitrogen and oxygen atoms in total. The molecule has 0 heterocycles. The zero-order valence-electron chi connectivity index (χ0n) is 10.1. The van der Waals surface area contributed by atoms with Gasteiger partial charge in [-0.15, -0.1) is 0 Å². The van der Waals surface area contributed by atoms with Gasteiger partial charge in [-0.25, -0.2) is 8.78 Å². The first-order valence-corrected chi connectivity index (χ1v) is 5.33. The summed E-state index contributed by atoms with van der Waals surface area (Å²) in [5.74, 6) is -2.55. The second-order valence-corrected chi connectivity index (χ2v) is 4.41. The van der Waals surface area contributed by atoms with E-state index in [1.807, 2.05) is 0 Å². The standard InChI is InChI=1S/C12H15F2NO3/c1-7-3-8(10(14)4-9(7)13)11(18)15-12(2,5-16)6-17/h3-4,16-17H,5-6H2,1-2H3,(H,15,18). The fourth-order valence-electron chi connectivity index (χ4n) is 1.30. The number of carbonyl (C=O) groups is 1. The zero-order chi connectivity index (χ0) is 13.9. The van der Waals surface area contributed by atoms with Gasteiger partial charge in [0.2, 0.25) is 0 Å². The van der Waals surface area contributed by atoms with Crippen LogP contribution < -0.4 is 5.32 Å². The van der Waals surface area contributed by atoms with Crippen molar-refractivity contribution in [1.82, 2.24) is 5.32 Å². The number of hydrogen-bond donors (Lipinski definition) is 3. The molecule has 0 aliphatic carbocycles. The molecule has 1 amide bonds. The minimum Gasteiger partial charge on any atom is -0.394 e. The van der Waals surface area contributed by atoms with E-state index < -0.39 is 36.3 Å². The zero-order valence-corrected chi connectivity index (χ0v) is 10.1. The van der Waals surface area contributed by atoms with Crippen LogP contribution >= 0.6 is 0 Å². The minimum absolute atomic E-state index is 0.135. The molecule has 0 aliphatic heterocycles. The summed E-state index contributed by atoms with van der Waals surface area (Å²) in [5.41, 5.74) is -1.45. The van der Waals surface area contributed by atoms with E-state index in [0.717, 1.165) is 6.07 Å². The molecule has 18 heavy (non-hydrogen) atoms. The summed E-state index contributed by atoms with van der Waals surface area (Å²) < 4.78 is 26.5. The van der Waals surface area contributed by atoms with Crippen LogP contribution in [0.4, 0.5) is 8.78 Å². The molecule has 0 saturated heterocycles. The van der Waals surface area contributed by atoms with E-state index in [9.17, 15) is 13.6 Å². The monoisotopic (exact) mass is 259 g/mol. The molecule has 3 N–H and O–H groups in total. The van der Waals surface area contributed by atoms with Crippen molar-refractivity contribution >= 4 is 5.91 Å². The van der Waals surface area contributed by atoms with Crippen LogP contribution in [0.5, 0.6) is 0 Å². The molecule has 0 aromatic heterocycles. The largest absolute Gasteiger partial charge is 0.394 e. The lowest BCUT2D eigenvalue weighted by molar-refractivity contribution is 0.0720. The predicted molar refractivity (Wildman–Crippen MR) is 61.1 cm³/mol. The van der Waals surface area contributed by atoms with Gasteiger partial charge in [-0.1, -0.05) is 0 Å². The third kappa shape index (κ3) is 3.02. The van der Waals surface area contributed by atoms with Gasteiger partial charge in [-0.2, -0.15) is 0 Å². The van der Waals surface area contributed by atoms with Gasteiger partial charge in [0.05, 0.1) is 24.3 Å². The first-order chi connectivity index (χ1) is 8.33. The fourth-order valence-corrected chi connectivity index (χ4v) is 1.30. The maximum Gasteiger partial charge on any atom is 0.254 e. The summed E-state index contributed by atoms with van der Waals surface area (Å²) in [6, 6.07) is 1.70. The number of carbonyl (C=O) groups excluding carboxylic acids is 1. The number of amides is 1. The van der Waals surface area contributed by atoms with Gasteiger partial charge in [-0.3, -0.25) is 4.79 Å². The van der Waals surface area contributed by atoms with Crippen LogP contribution in [0.1, 0.15) is 22.8 Å². The molecule has 1 aromatic carbocycles. The first-order valence-electron chi connectivity index (χ1n) is 5.33. The first kappa shape index (κ1) is 14.5.